The third kappa shape index (κ3) is 3.57. The minimum atomic E-state index is -2.17. The van der Waals surface area contributed by atoms with Gasteiger partial charge >= 0.3 is 29.6 Å². The number of benzene rings is 1. The number of hydrogen-bond donors (Lipinski definition) is 0. The van der Waals surface area contributed by atoms with Crippen LogP contribution in [0.1, 0.15) is 0 Å². The molecule has 1 rings (SSSR count). The average molecular weight is 322 g/mol. The standard InChI is InChI=1S/C6H4Br2O2S.Na/c7-4-1-2-6(11(9)10)5(8)3-4;/h1-3H,(H,9,10);/q;+1/p-1. The fourth-order valence-corrected chi connectivity index (χ4v) is 2.45. The van der Waals surface area contributed by atoms with E-state index in [1.165, 1.54) is 6.07 Å². The molecule has 0 aliphatic carbocycles. The molecule has 0 aliphatic rings. The monoisotopic (exact) mass is 320 g/mol. The van der Waals surface area contributed by atoms with E-state index < -0.39 is 11.1 Å². The molecule has 1 atom stereocenters. The van der Waals surface area contributed by atoms with Gasteiger partial charge in [0.2, 0.25) is 0 Å². The van der Waals surface area contributed by atoms with Crippen molar-refractivity contribution in [3.05, 3.63) is 27.1 Å². The average Bonchev–Trinajstić information content (AvgIpc) is 1.85. The number of halogens is 2. The van der Waals surface area contributed by atoms with Crippen LogP contribution in [0.25, 0.3) is 0 Å². The van der Waals surface area contributed by atoms with E-state index >= 15 is 0 Å². The molecule has 2 nitrogen and oxygen atoms in total. The normalized spacial score (nSPS) is 11.9. The van der Waals surface area contributed by atoms with Gasteiger partial charge in [-0.25, -0.2) is 0 Å². The van der Waals surface area contributed by atoms with Gasteiger partial charge in [0.25, 0.3) is 0 Å². The van der Waals surface area contributed by atoms with Crippen molar-refractivity contribution in [1.82, 2.24) is 0 Å². The summed E-state index contributed by atoms with van der Waals surface area (Å²) >= 11 is 4.17. The maximum absolute atomic E-state index is 10.5. The smallest absolute Gasteiger partial charge is 0.768 e. The van der Waals surface area contributed by atoms with Crippen LogP contribution in [-0.4, -0.2) is 8.76 Å². The van der Waals surface area contributed by atoms with E-state index in [2.05, 4.69) is 31.9 Å². The number of hydrogen-bond acceptors (Lipinski definition) is 2. The zero-order chi connectivity index (χ0) is 8.43. The second kappa shape index (κ2) is 5.90. The van der Waals surface area contributed by atoms with E-state index in [1.54, 1.807) is 12.1 Å². The molecule has 0 aliphatic heterocycles. The molecule has 60 valence electrons. The Balaban J connectivity index is 0.00000121. The first-order valence-corrected chi connectivity index (χ1v) is 5.31. The zero-order valence-corrected chi connectivity index (χ0v) is 12.2. The van der Waals surface area contributed by atoms with Crippen molar-refractivity contribution in [2.24, 2.45) is 0 Å². The van der Waals surface area contributed by atoms with Gasteiger partial charge in [0, 0.05) is 13.8 Å². The van der Waals surface area contributed by atoms with Gasteiger partial charge in [-0.15, -0.1) is 0 Å². The minimum absolute atomic E-state index is 0. The molecule has 0 saturated carbocycles. The van der Waals surface area contributed by atoms with Gasteiger partial charge in [0.15, 0.2) is 0 Å². The first-order valence-electron chi connectivity index (χ1n) is 2.65. The Kier molecular flexibility index (Phi) is 6.54. The van der Waals surface area contributed by atoms with Crippen molar-refractivity contribution in [3.8, 4) is 0 Å². The van der Waals surface area contributed by atoms with Gasteiger partial charge in [0.1, 0.15) is 0 Å². The van der Waals surface area contributed by atoms with Crippen molar-refractivity contribution >= 4 is 42.9 Å². The van der Waals surface area contributed by atoms with Gasteiger partial charge in [-0.1, -0.05) is 15.9 Å². The first kappa shape index (κ1) is 13.3. The summed E-state index contributed by atoms with van der Waals surface area (Å²) in [6.07, 6.45) is 0. The second-order valence-corrected chi connectivity index (χ2v) is 4.49. The van der Waals surface area contributed by atoms with Crippen LogP contribution in [-0.2, 0) is 11.1 Å². The van der Waals surface area contributed by atoms with Crippen molar-refractivity contribution in [1.29, 1.82) is 0 Å². The van der Waals surface area contributed by atoms with Crippen molar-refractivity contribution in [2.75, 3.05) is 0 Å². The second-order valence-electron chi connectivity index (χ2n) is 1.81. The molecule has 0 heterocycles. The molecule has 1 aromatic rings. The van der Waals surface area contributed by atoms with Crippen molar-refractivity contribution in [3.63, 3.8) is 0 Å². The van der Waals surface area contributed by atoms with Crippen LogP contribution in [0.3, 0.4) is 0 Å². The van der Waals surface area contributed by atoms with Gasteiger partial charge in [0.05, 0.1) is 0 Å². The molecule has 0 amide bonds. The van der Waals surface area contributed by atoms with Crippen LogP contribution in [0.15, 0.2) is 32.0 Å². The minimum Gasteiger partial charge on any atom is -0.768 e. The van der Waals surface area contributed by atoms with Crippen molar-refractivity contribution in [2.45, 2.75) is 4.90 Å². The third-order valence-electron chi connectivity index (χ3n) is 1.07. The summed E-state index contributed by atoms with van der Waals surface area (Å²) in [6.45, 7) is 0. The summed E-state index contributed by atoms with van der Waals surface area (Å²) in [4.78, 5) is 0.271. The van der Waals surface area contributed by atoms with Gasteiger partial charge < -0.3 is 4.55 Å². The molecular weight excluding hydrogens is 319 g/mol. The van der Waals surface area contributed by atoms with E-state index in [9.17, 15) is 8.76 Å². The predicted octanol–water partition coefficient (Wildman–Crippen LogP) is -0.546. The Labute approximate surface area is 112 Å². The SMILES string of the molecule is O=S([O-])c1ccc(Br)cc1Br.[Na+]. The molecule has 1 unspecified atom stereocenters. The van der Waals surface area contributed by atoms with Crippen LogP contribution < -0.4 is 29.6 Å². The van der Waals surface area contributed by atoms with Crippen molar-refractivity contribution < 1.29 is 38.3 Å². The fraction of sp³-hybridized carbons (Fsp3) is 0. The maximum atomic E-state index is 10.5. The summed E-state index contributed by atoms with van der Waals surface area (Å²) in [5.41, 5.74) is 0. The molecule has 0 N–H and O–H groups in total. The molecule has 6 heteroatoms. The molecule has 0 saturated heterocycles. The van der Waals surface area contributed by atoms with Crippen LogP contribution in [0, 0.1) is 0 Å². The van der Waals surface area contributed by atoms with E-state index in [4.69, 9.17) is 0 Å². The summed E-state index contributed by atoms with van der Waals surface area (Å²) in [7, 11) is 0. The molecule has 0 aromatic heterocycles. The van der Waals surface area contributed by atoms with E-state index in [0.717, 1.165) is 4.47 Å². The first-order chi connectivity index (χ1) is 5.11. The van der Waals surface area contributed by atoms with Gasteiger partial charge in [-0.3, -0.25) is 4.21 Å². The third-order valence-corrected chi connectivity index (χ3v) is 3.20. The summed E-state index contributed by atoms with van der Waals surface area (Å²) < 4.78 is 22.4. The van der Waals surface area contributed by atoms with Gasteiger partial charge in [-0.05, 0) is 45.2 Å². The molecule has 12 heavy (non-hydrogen) atoms. The fourth-order valence-electron chi connectivity index (χ4n) is 0.610. The van der Waals surface area contributed by atoms with Gasteiger partial charge in [-0.2, -0.15) is 0 Å². The molecule has 0 radical (unpaired) electrons. The summed E-state index contributed by atoms with van der Waals surface area (Å²) in [5.74, 6) is 0. The molecule has 0 spiro atoms. The summed E-state index contributed by atoms with van der Waals surface area (Å²) in [5, 5.41) is 0. The summed E-state index contributed by atoms with van der Waals surface area (Å²) in [6, 6.07) is 4.89. The molecule has 0 bridgehead atoms. The predicted molar refractivity (Wildman–Crippen MR) is 49.0 cm³/mol. The van der Waals surface area contributed by atoms with E-state index in [-0.39, 0.29) is 34.5 Å². The maximum Gasteiger partial charge on any atom is 1.00 e. The molecule has 0 fully saturated rings. The molecule has 1 aromatic carbocycles. The van der Waals surface area contributed by atoms with Crippen LogP contribution >= 0.6 is 31.9 Å². The Morgan fingerprint density at radius 2 is 1.92 bits per heavy atom. The Morgan fingerprint density at radius 1 is 1.33 bits per heavy atom. The number of rotatable bonds is 1. The van der Waals surface area contributed by atoms with Crippen LogP contribution in [0.2, 0.25) is 0 Å². The molecular formula is C6H3Br2NaO2S. The topological polar surface area (TPSA) is 40.1 Å². The Bertz CT molecular complexity index is 306. The zero-order valence-electron chi connectivity index (χ0n) is 6.21. The Hall–Kier alpha value is 1.29. The van der Waals surface area contributed by atoms with E-state index in [0.29, 0.717) is 4.47 Å². The largest absolute Gasteiger partial charge is 1.00 e. The van der Waals surface area contributed by atoms with E-state index in [1.807, 2.05) is 0 Å². The Morgan fingerprint density at radius 3 is 2.33 bits per heavy atom. The van der Waals surface area contributed by atoms with Crippen LogP contribution in [0.5, 0.6) is 0 Å². The van der Waals surface area contributed by atoms with Crippen LogP contribution in [0.4, 0.5) is 0 Å². The quantitative estimate of drug-likeness (QED) is 0.514.